The highest BCUT2D eigenvalue weighted by molar-refractivity contribution is 6.33. The summed E-state index contributed by atoms with van der Waals surface area (Å²) in [5.41, 5.74) is 7.52. The Morgan fingerprint density at radius 2 is 0.786 bits per heavy atom. The third-order valence-electron chi connectivity index (χ3n) is 22.9. The van der Waals surface area contributed by atoms with Gasteiger partial charge in [-0.3, -0.25) is 4.98 Å². The van der Waals surface area contributed by atoms with Crippen LogP contribution >= 0.6 is 11.6 Å². The second-order valence-electron chi connectivity index (χ2n) is 30.7. The van der Waals surface area contributed by atoms with E-state index in [-0.39, 0.29) is 22.4 Å². The van der Waals surface area contributed by atoms with Crippen LogP contribution in [-0.2, 0) is 0 Å². The molecule has 29 nitrogen and oxygen atoms in total. The lowest BCUT2D eigenvalue weighted by Crippen LogP contribution is -2.46. The van der Waals surface area contributed by atoms with Crippen molar-refractivity contribution in [1.82, 2.24) is 82.9 Å². The molecule has 4 bridgehead atoms. The standard InChI is InChI=1S/C22H22FN5O2.C21H20ClN5O2.C21H18FN5O2.C21H20N6O2/c1-3-26-6-8-27(9-7-26)19-5-4-15-11-16(22(29)30-21(15)25-19)18-13-28-12-14(2)10-17(23)20(28)24-18;1-2-25-8-10-26(11-9-25)18-6-5-14-12-15(21(28)29-20(14)24-18)17-13-27-7-3-4-16(22)19(27)23-17;1-11-4-16(22)19-24-17(10-26(19)8-11)15-5-12-2-3-18(25-20(12)29-21(15)28)27-9-13-6-14(27)7-23-13;1-11-8-26-10-17(24-19(26)12(2)23-11)16-5-13-3-4-18(25-20(13)29-21(16)28)27-9-14-6-15(27)7-22-14/h4-5,10-13H,3,6-9H2,1-2H3;3-7,12-13H,2,8-11H2,1H3;2-5,8,10,13-14,23H,6-7,9H2,1H3;3-5,8,10,14-15,22H,6-7,9H2,1-2H3/t;;13-,14-;14-,15-/m..00/s1. The van der Waals surface area contributed by atoms with Crippen LogP contribution in [0.4, 0.5) is 32.1 Å². The Morgan fingerprint density at radius 3 is 1.16 bits per heavy atom. The highest BCUT2D eigenvalue weighted by Gasteiger charge is 2.40. The lowest BCUT2D eigenvalue weighted by molar-refractivity contribution is 0.270. The van der Waals surface area contributed by atoms with Crippen molar-refractivity contribution < 1.29 is 26.4 Å². The lowest BCUT2D eigenvalue weighted by Gasteiger charge is -2.34. The Balaban J connectivity index is 0.000000104. The van der Waals surface area contributed by atoms with Gasteiger partial charge in [-0.2, -0.15) is 19.9 Å². The van der Waals surface area contributed by atoms with Crippen LogP contribution in [0.1, 0.15) is 49.2 Å². The molecule has 4 atom stereocenters. The quantitative estimate of drug-likeness (QED) is 0.129. The zero-order valence-electron chi connectivity index (χ0n) is 64.9. The molecule has 0 aliphatic carbocycles. The van der Waals surface area contributed by atoms with Crippen molar-refractivity contribution in [3.63, 3.8) is 0 Å². The molecule has 0 saturated carbocycles. The first-order valence-electron chi connectivity index (χ1n) is 39.3. The summed E-state index contributed by atoms with van der Waals surface area (Å²) in [5, 5.41) is 10.4. The highest BCUT2D eigenvalue weighted by Crippen LogP contribution is 2.35. The van der Waals surface area contributed by atoms with Crippen LogP contribution in [-0.4, -0.2) is 188 Å². The van der Waals surface area contributed by atoms with Crippen molar-refractivity contribution in [3.05, 3.63) is 227 Å². The number of nitrogens with one attached hydrogen (secondary N) is 2. The maximum atomic E-state index is 14.2. The molecule has 0 amide bonds. The zero-order chi connectivity index (χ0) is 80.2. The average Bonchev–Trinajstić information content (AvgIpc) is 1.60. The van der Waals surface area contributed by atoms with Crippen molar-refractivity contribution in [2.24, 2.45) is 0 Å². The minimum atomic E-state index is -0.538. The molecule has 16 aromatic heterocycles. The third-order valence-corrected chi connectivity index (χ3v) is 23.2. The van der Waals surface area contributed by atoms with Gasteiger partial charge >= 0.3 is 22.5 Å². The summed E-state index contributed by atoms with van der Waals surface area (Å²) >= 11 is 6.20. The number of fused-ring (bicyclic) bond motifs is 12. The van der Waals surface area contributed by atoms with E-state index in [4.69, 9.17) is 29.3 Å². The first-order chi connectivity index (χ1) is 56.7. The average molecular weight is 1600 g/mol. The number of aromatic nitrogens is 13. The Bertz CT molecular complexity index is 6670. The van der Waals surface area contributed by atoms with Gasteiger partial charge in [-0.15, -0.1) is 0 Å². The van der Waals surface area contributed by atoms with Crippen LogP contribution in [0.5, 0.6) is 0 Å². The number of rotatable bonds is 10. The number of halogens is 3. The summed E-state index contributed by atoms with van der Waals surface area (Å²) in [4.78, 5) is 105. The van der Waals surface area contributed by atoms with Gasteiger partial charge in [0, 0.05) is 174 Å². The van der Waals surface area contributed by atoms with Crippen molar-refractivity contribution in [3.8, 4) is 45.0 Å². The number of anilines is 4. The summed E-state index contributed by atoms with van der Waals surface area (Å²) in [5.74, 6) is 2.48. The Kier molecular flexibility index (Phi) is 19.2. The van der Waals surface area contributed by atoms with E-state index in [0.29, 0.717) is 102 Å². The number of nitrogens with zero attached hydrogens (tertiary/aromatic N) is 19. The highest BCUT2D eigenvalue weighted by atomic mass is 35.5. The van der Waals surface area contributed by atoms with Crippen molar-refractivity contribution in [1.29, 1.82) is 0 Å². The van der Waals surface area contributed by atoms with Crippen LogP contribution < -0.4 is 52.7 Å². The molecule has 6 fully saturated rings. The molecule has 22 rings (SSSR count). The molecule has 6 aliphatic rings. The fourth-order valence-electron chi connectivity index (χ4n) is 16.8. The van der Waals surface area contributed by atoms with E-state index in [1.54, 1.807) is 82.3 Å². The van der Waals surface area contributed by atoms with Gasteiger partial charge in [0.05, 0.1) is 61.4 Å². The largest absolute Gasteiger partial charge is 0.403 e. The normalized spacial score (nSPS) is 18.2. The molecule has 117 heavy (non-hydrogen) atoms. The van der Waals surface area contributed by atoms with E-state index in [2.05, 4.69) is 98.7 Å². The molecule has 594 valence electrons. The molecule has 0 aromatic carbocycles. The molecule has 0 radical (unpaired) electrons. The molecule has 16 aromatic rings. The number of piperazine rings is 4. The molecular formula is C85H80ClF2N21O8. The first-order valence-corrected chi connectivity index (χ1v) is 39.6. The Labute approximate surface area is 670 Å². The summed E-state index contributed by atoms with van der Waals surface area (Å²) in [7, 11) is 0. The van der Waals surface area contributed by atoms with E-state index in [9.17, 15) is 28.0 Å². The minimum Gasteiger partial charge on any atom is -0.403 e. The summed E-state index contributed by atoms with van der Waals surface area (Å²) in [6.07, 6.45) is 16.4. The van der Waals surface area contributed by atoms with Crippen molar-refractivity contribution >= 4 is 102 Å². The minimum absolute atomic E-state index is 0.176. The Morgan fingerprint density at radius 1 is 0.419 bits per heavy atom. The van der Waals surface area contributed by atoms with Gasteiger partial charge in [0.1, 0.15) is 23.3 Å². The van der Waals surface area contributed by atoms with Gasteiger partial charge in [-0.1, -0.05) is 25.4 Å². The molecule has 6 saturated heterocycles. The van der Waals surface area contributed by atoms with Crippen LogP contribution in [0.3, 0.4) is 0 Å². The SMILES string of the molecule is CCN1CCN(c2ccc3cc(-c4cn5cc(C)cc(F)c5n4)c(=O)oc3n2)CC1.CCN1CCN(c2ccc3cc(-c4cn5cccc(Cl)c5n4)c(=O)oc3n2)CC1.Cc1cc(F)c2nc(-c3cc4ccc(N5C[C@@H]6C[C@H]5CN6)nc4oc3=O)cn2c1.Cc1cn2cc(-c3cc4ccc(N5C[C@@H]6C[C@H]5CN6)nc4oc3=O)nc2c(C)n1. The smallest absolute Gasteiger partial charge is 0.347 e. The third kappa shape index (κ3) is 14.4. The number of pyridine rings is 7. The maximum Gasteiger partial charge on any atom is 0.347 e. The fourth-order valence-corrected chi connectivity index (χ4v) is 17.0. The number of imidazole rings is 4. The van der Waals surface area contributed by atoms with Gasteiger partial charge in [-0.05, 0) is 162 Å². The number of aryl methyl sites for hydroxylation is 4. The maximum absolute atomic E-state index is 14.2. The molecule has 2 N–H and O–H groups in total. The van der Waals surface area contributed by atoms with E-state index < -0.39 is 34.1 Å². The molecular weight excluding hydrogens is 1520 g/mol. The molecule has 0 spiro atoms. The number of hydrogen-bond donors (Lipinski definition) is 2. The van der Waals surface area contributed by atoms with Crippen molar-refractivity contribution in [2.75, 3.05) is 111 Å². The van der Waals surface area contributed by atoms with Gasteiger partial charge in [-0.25, -0.2) is 47.9 Å². The summed E-state index contributed by atoms with van der Waals surface area (Å²) < 4.78 is 57.4. The van der Waals surface area contributed by atoms with Gasteiger partial charge in [0.15, 0.2) is 34.2 Å². The second-order valence-corrected chi connectivity index (χ2v) is 31.1. The van der Waals surface area contributed by atoms with Gasteiger partial charge in [0.25, 0.3) is 0 Å². The Hall–Kier alpha value is -12.7. The van der Waals surface area contributed by atoms with Crippen LogP contribution in [0.15, 0.2) is 183 Å². The van der Waals surface area contributed by atoms with Gasteiger partial charge < -0.3 is 75.3 Å². The predicted molar refractivity (Wildman–Crippen MR) is 443 cm³/mol. The van der Waals surface area contributed by atoms with E-state index in [0.717, 1.165) is 167 Å². The predicted octanol–water partition coefficient (Wildman–Crippen LogP) is 11.0. The lowest BCUT2D eigenvalue weighted by atomic mass is 10.2. The molecule has 6 aliphatic heterocycles. The van der Waals surface area contributed by atoms with Crippen molar-refractivity contribution in [2.45, 2.75) is 78.6 Å². The van der Waals surface area contributed by atoms with Gasteiger partial charge in [0.2, 0.25) is 22.9 Å². The first kappa shape index (κ1) is 74.4. The van der Waals surface area contributed by atoms with E-state index >= 15 is 0 Å². The van der Waals surface area contributed by atoms with Crippen LogP contribution in [0.25, 0.3) is 112 Å². The summed E-state index contributed by atoms with van der Waals surface area (Å²) in [6.45, 7) is 25.3. The zero-order valence-corrected chi connectivity index (χ0v) is 65.6. The van der Waals surface area contributed by atoms with Crippen LogP contribution in [0, 0.1) is 39.3 Å². The van der Waals surface area contributed by atoms with Crippen LogP contribution in [0.2, 0.25) is 5.02 Å². The number of likely N-dealkylation sites (N-methyl/N-ethyl adjacent to an activating group) is 2. The second kappa shape index (κ2) is 30.2. The molecule has 0 unspecified atom stereocenters. The van der Waals surface area contributed by atoms with E-state index in [1.165, 1.54) is 12.1 Å². The molecule has 32 heteroatoms. The monoisotopic (exact) mass is 1600 g/mol. The van der Waals surface area contributed by atoms with E-state index in [1.807, 2.05) is 97.5 Å². The topological polar surface area (TPSA) is 298 Å². The molecule has 22 heterocycles. The summed E-state index contributed by atoms with van der Waals surface area (Å²) in [6, 6.07) is 31.0. The fraction of sp³-hybridized carbons (Fsp3) is 0.306. The number of hydrogen-bond acceptors (Lipinski definition) is 25.